The molecule has 0 aromatic heterocycles. The molecule has 2 rings (SSSR count). The first-order chi connectivity index (χ1) is 9.02. The monoisotopic (exact) mass is 285 g/mol. The first kappa shape index (κ1) is 14.1. The molecule has 19 heavy (non-hydrogen) atoms. The third-order valence-corrected chi connectivity index (χ3v) is 4.80. The van der Waals surface area contributed by atoms with Crippen molar-refractivity contribution in [1.82, 2.24) is 0 Å². The van der Waals surface area contributed by atoms with Gasteiger partial charge in [-0.1, -0.05) is 6.92 Å². The van der Waals surface area contributed by atoms with Gasteiger partial charge >= 0.3 is 0 Å². The van der Waals surface area contributed by atoms with E-state index < -0.39 is 9.84 Å². The molecule has 0 saturated heterocycles. The second kappa shape index (κ2) is 5.79. The summed E-state index contributed by atoms with van der Waals surface area (Å²) in [5.41, 5.74) is 6.81. The highest BCUT2D eigenvalue weighted by Crippen LogP contribution is 2.33. The number of nitrogens with two attached hydrogens (primary N) is 1. The molecule has 1 aromatic rings. The lowest BCUT2D eigenvalue weighted by molar-refractivity contribution is 0.323. The molecular formula is C13H19NO4S. The highest BCUT2D eigenvalue weighted by atomic mass is 32.2. The molecule has 0 fully saturated rings. The van der Waals surface area contributed by atoms with E-state index in [0.717, 1.165) is 11.3 Å². The van der Waals surface area contributed by atoms with Crippen LogP contribution in [0.2, 0.25) is 0 Å². The average Bonchev–Trinajstić information content (AvgIpc) is 2.70. The van der Waals surface area contributed by atoms with Crippen LogP contribution >= 0.6 is 0 Å². The van der Waals surface area contributed by atoms with Crippen molar-refractivity contribution in [3.05, 3.63) is 23.8 Å². The number of ether oxygens (including phenoxy) is 2. The van der Waals surface area contributed by atoms with E-state index in [1.165, 1.54) is 0 Å². The molecule has 106 valence electrons. The lowest BCUT2D eigenvalue weighted by atomic mass is 10.1. The van der Waals surface area contributed by atoms with E-state index in [4.69, 9.17) is 15.2 Å². The normalized spacial score (nSPS) is 17.9. The number of sulfone groups is 1. The van der Waals surface area contributed by atoms with E-state index in [1.54, 1.807) is 12.1 Å². The quantitative estimate of drug-likeness (QED) is 0.852. The molecule has 0 aliphatic carbocycles. The van der Waals surface area contributed by atoms with Gasteiger partial charge in [0.2, 0.25) is 0 Å². The Kier molecular flexibility index (Phi) is 4.31. The Hall–Kier alpha value is -1.27. The van der Waals surface area contributed by atoms with Gasteiger partial charge < -0.3 is 15.2 Å². The van der Waals surface area contributed by atoms with E-state index in [1.807, 2.05) is 13.0 Å². The Morgan fingerprint density at radius 1 is 1.42 bits per heavy atom. The van der Waals surface area contributed by atoms with Gasteiger partial charge in [0, 0.05) is 11.6 Å². The number of fused-ring (bicyclic) bond motifs is 1. The predicted octanol–water partition coefficient (Wildman–Crippen LogP) is 1.28. The molecule has 1 unspecified atom stereocenters. The number of rotatable bonds is 6. The van der Waals surface area contributed by atoms with Crippen molar-refractivity contribution in [2.75, 3.05) is 24.7 Å². The van der Waals surface area contributed by atoms with E-state index in [9.17, 15) is 8.42 Å². The van der Waals surface area contributed by atoms with E-state index in [2.05, 4.69) is 0 Å². The minimum atomic E-state index is -3.00. The van der Waals surface area contributed by atoms with Crippen LogP contribution in [0.5, 0.6) is 11.5 Å². The minimum absolute atomic E-state index is 0.0400. The fourth-order valence-corrected chi connectivity index (χ4v) is 3.17. The molecule has 1 aromatic carbocycles. The average molecular weight is 285 g/mol. The summed E-state index contributed by atoms with van der Waals surface area (Å²) < 4.78 is 33.9. The first-order valence-electron chi connectivity index (χ1n) is 6.37. The van der Waals surface area contributed by atoms with Gasteiger partial charge in [-0.05, 0) is 18.6 Å². The molecule has 1 aliphatic rings. The Morgan fingerprint density at radius 3 is 2.95 bits per heavy atom. The maximum atomic E-state index is 11.5. The molecule has 1 heterocycles. The van der Waals surface area contributed by atoms with Crippen LogP contribution in [-0.4, -0.2) is 33.1 Å². The third-order valence-electron chi connectivity index (χ3n) is 2.98. The molecule has 0 spiro atoms. The van der Waals surface area contributed by atoms with Crippen LogP contribution in [0, 0.1) is 0 Å². The molecule has 5 nitrogen and oxygen atoms in total. The van der Waals surface area contributed by atoms with Crippen molar-refractivity contribution in [1.29, 1.82) is 0 Å². The van der Waals surface area contributed by atoms with Crippen LogP contribution in [0.25, 0.3) is 0 Å². The second-order valence-electron chi connectivity index (χ2n) is 4.62. The van der Waals surface area contributed by atoms with Crippen molar-refractivity contribution >= 4 is 9.84 Å². The SMILES string of the molecule is CCCS(=O)(=O)CCOc1ccc2c(c1)OCC2N. The van der Waals surface area contributed by atoms with Crippen molar-refractivity contribution in [2.45, 2.75) is 19.4 Å². The zero-order valence-corrected chi connectivity index (χ0v) is 11.8. The zero-order chi connectivity index (χ0) is 13.9. The Bertz CT molecular complexity index is 542. The maximum Gasteiger partial charge on any atom is 0.153 e. The third kappa shape index (κ3) is 3.61. The van der Waals surface area contributed by atoms with E-state index in [0.29, 0.717) is 18.8 Å². The molecule has 0 bridgehead atoms. The second-order valence-corrected chi connectivity index (χ2v) is 6.92. The highest BCUT2D eigenvalue weighted by molar-refractivity contribution is 7.91. The van der Waals surface area contributed by atoms with Gasteiger partial charge in [0.05, 0.1) is 17.5 Å². The topological polar surface area (TPSA) is 78.6 Å². The number of benzene rings is 1. The van der Waals surface area contributed by atoms with Crippen molar-refractivity contribution in [3.63, 3.8) is 0 Å². The van der Waals surface area contributed by atoms with Gasteiger partial charge in [-0.25, -0.2) is 8.42 Å². The molecule has 0 radical (unpaired) electrons. The summed E-state index contributed by atoms with van der Waals surface area (Å²) in [6.45, 7) is 2.48. The van der Waals surface area contributed by atoms with E-state index >= 15 is 0 Å². The summed E-state index contributed by atoms with van der Waals surface area (Å²) in [6.07, 6.45) is 0.632. The fraction of sp³-hybridized carbons (Fsp3) is 0.538. The zero-order valence-electron chi connectivity index (χ0n) is 11.0. The van der Waals surface area contributed by atoms with Crippen LogP contribution in [0.4, 0.5) is 0 Å². The summed E-state index contributed by atoms with van der Waals surface area (Å²) in [5.74, 6) is 1.58. The summed E-state index contributed by atoms with van der Waals surface area (Å²) in [4.78, 5) is 0. The Labute approximate surface area is 113 Å². The summed E-state index contributed by atoms with van der Waals surface area (Å²) in [6, 6.07) is 5.33. The minimum Gasteiger partial charge on any atom is -0.492 e. The van der Waals surface area contributed by atoms with Crippen LogP contribution in [0.15, 0.2) is 18.2 Å². The smallest absolute Gasteiger partial charge is 0.153 e. The molecule has 0 saturated carbocycles. The van der Waals surface area contributed by atoms with Gasteiger partial charge in [-0.3, -0.25) is 0 Å². The van der Waals surface area contributed by atoms with Crippen LogP contribution < -0.4 is 15.2 Å². The highest BCUT2D eigenvalue weighted by Gasteiger charge is 2.20. The Balaban J connectivity index is 1.91. The van der Waals surface area contributed by atoms with Gasteiger partial charge in [-0.15, -0.1) is 0 Å². The van der Waals surface area contributed by atoms with Crippen LogP contribution in [0.3, 0.4) is 0 Å². The summed E-state index contributed by atoms with van der Waals surface area (Å²) in [7, 11) is -3.00. The molecule has 6 heteroatoms. The largest absolute Gasteiger partial charge is 0.492 e. The Morgan fingerprint density at radius 2 is 2.21 bits per heavy atom. The predicted molar refractivity (Wildman–Crippen MR) is 73.3 cm³/mol. The molecule has 1 atom stereocenters. The molecule has 2 N–H and O–H groups in total. The van der Waals surface area contributed by atoms with E-state index in [-0.39, 0.29) is 24.2 Å². The van der Waals surface area contributed by atoms with Gasteiger partial charge in [0.15, 0.2) is 9.84 Å². The lowest BCUT2D eigenvalue weighted by Gasteiger charge is -2.08. The van der Waals surface area contributed by atoms with Crippen molar-refractivity contribution in [3.8, 4) is 11.5 Å². The van der Waals surface area contributed by atoms with Crippen molar-refractivity contribution in [2.24, 2.45) is 5.73 Å². The first-order valence-corrected chi connectivity index (χ1v) is 8.19. The standard InChI is InChI=1S/C13H19NO4S/c1-2-6-19(15,16)7-5-17-10-3-4-11-12(14)9-18-13(11)8-10/h3-4,8,12H,2,5-7,9,14H2,1H3. The molecule has 1 aliphatic heterocycles. The lowest BCUT2D eigenvalue weighted by Crippen LogP contribution is -2.16. The van der Waals surface area contributed by atoms with Gasteiger partial charge in [0.1, 0.15) is 24.7 Å². The molecule has 0 amide bonds. The molecular weight excluding hydrogens is 266 g/mol. The van der Waals surface area contributed by atoms with Crippen LogP contribution in [0.1, 0.15) is 24.9 Å². The summed E-state index contributed by atoms with van der Waals surface area (Å²) in [5, 5.41) is 0. The maximum absolute atomic E-state index is 11.5. The summed E-state index contributed by atoms with van der Waals surface area (Å²) >= 11 is 0. The number of hydrogen-bond donors (Lipinski definition) is 1. The van der Waals surface area contributed by atoms with Crippen molar-refractivity contribution < 1.29 is 17.9 Å². The van der Waals surface area contributed by atoms with Gasteiger partial charge in [0.25, 0.3) is 0 Å². The van der Waals surface area contributed by atoms with Gasteiger partial charge in [-0.2, -0.15) is 0 Å². The van der Waals surface area contributed by atoms with Crippen LogP contribution in [-0.2, 0) is 9.84 Å². The number of hydrogen-bond acceptors (Lipinski definition) is 5. The fourth-order valence-electron chi connectivity index (χ4n) is 2.00.